The van der Waals surface area contributed by atoms with Crippen LogP contribution in [0.1, 0.15) is 119 Å². The van der Waals surface area contributed by atoms with Crippen molar-refractivity contribution < 1.29 is 23.9 Å². The highest BCUT2D eigenvalue weighted by Crippen LogP contribution is 2.65. The van der Waals surface area contributed by atoms with Gasteiger partial charge in [-0.3, -0.25) is 19.2 Å². The number of hydrogen-bond acceptors (Lipinski definition) is 5. The second kappa shape index (κ2) is 12.6. The van der Waals surface area contributed by atoms with Gasteiger partial charge in [0, 0.05) is 31.2 Å². The van der Waals surface area contributed by atoms with Crippen molar-refractivity contribution in [3.63, 3.8) is 0 Å². The Morgan fingerprint density at radius 3 is 2.21 bits per heavy atom. The predicted molar refractivity (Wildman–Crippen MR) is 149 cm³/mol. The Morgan fingerprint density at radius 2 is 1.58 bits per heavy atom. The molecule has 2 heterocycles. The fourth-order valence-electron chi connectivity index (χ4n) is 7.28. The molecular formula is C32H53NO5. The van der Waals surface area contributed by atoms with Gasteiger partial charge in [-0.05, 0) is 41.4 Å². The Balaban J connectivity index is 1.83. The smallest absolute Gasteiger partial charge is 0.305 e. The molecule has 2 saturated heterocycles. The Hall–Kier alpha value is -1.72. The zero-order valence-electron chi connectivity index (χ0n) is 25.1. The summed E-state index contributed by atoms with van der Waals surface area (Å²) >= 11 is 0. The maximum atomic E-state index is 14.1. The Kier molecular flexibility index (Phi) is 10.2. The molecule has 0 spiro atoms. The molecule has 0 aromatic carbocycles. The highest BCUT2D eigenvalue weighted by Gasteiger charge is 2.69. The van der Waals surface area contributed by atoms with Crippen molar-refractivity contribution in [3.8, 4) is 0 Å². The van der Waals surface area contributed by atoms with Gasteiger partial charge < -0.3 is 9.64 Å². The van der Waals surface area contributed by atoms with Gasteiger partial charge in [-0.15, -0.1) is 0 Å². The molecule has 38 heavy (non-hydrogen) atoms. The van der Waals surface area contributed by atoms with E-state index in [1.165, 1.54) is 32.8 Å². The number of piperidine rings is 1. The molecule has 3 fully saturated rings. The van der Waals surface area contributed by atoms with Crippen LogP contribution in [0.5, 0.6) is 0 Å². The van der Waals surface area contributed by atoms with Crippen molar-refractivity contribution in [1.82, 2.24) is 4.90 Å². The van der Waals surface area contributed by atoms with Crippen LogP contribution in [0, 0.1) is 40.4 Å². The monoisotopic (exact) mass is 531 g/mol. The van der Waals surface area contributed by atoms with E-state index in [1.807, 2.05) is 11.8 Å². The number of carbonyl (C=O) groups excluding carboxylic acids is 4. The number of ether oxygens (including phenoxy) is 1. The maximum Gasteiger partial charge on any atom is 0.305 e. The van der Waals surface area contributed by atoms with E-state index in [1.54, 1.807) is 0 Å². The summed E-state index contributed by atoms with van der Waals surface area (Å²) in [5, 5.41) is 0. The first-order chi connectivity index (χ1) is 17.8. The van der Waals surface area contributed by atoms with E-state index in [4.69, 9.17) is 4.74 Å². The zero-order valence-corrected chi connectivity index (χ0v) is 25.1. The third-order valence-corrected chi connectivity index (χ3v) is 10.7. The Morgan fingerprint density at radius 1 is 0.974 bits per heavy atom. The third kappa shape index (κ3) is 6.88. The summed E-state index contributed by atoms with van der Waals surface area (Å²) in [6, 6.07) is -0.378. The molecule has 0 aromatic heterocycles. The van der Waals surface area contributed by atoms with Crippen molar-refractivity contribution in [2.24, 2.45) is 40.4 Å². The lowest BCUT2D eigenvalue weighted by Gasteiger charge is -2.38. The van der Waals surface area contributed by atoms with E-state index in [2.05, 4.69) is 34.6 Å². The molecule has 0 aromatic rings. The standard InChI is InChI=1S/C32H53NO5/c1-21(25(34)16-17-27(36)38-7)23-15-13-11-9-8-10-12-14-18-31(3,4)22(2)30(37)33-20-24-28(32(24,5)6)29(33)26(35)19-23/h21-24,28-29H,8-20H2,1-7H3/t21?,22-,23-,24?,28+,29-/m1/s1. The summed E-state index contributed by atoms with van der Waals surface area (Å²) in [4.78, 5) is 54.5. The van der Waals surface area contributed by atoms with E-state index in [0.29, 0.717) is 18.9 Å². The number of carbonyl (C=O) groups is 4. The topological polar surface area (TPSA) is 80.8 Å². The van der Waals surface area contributed by atoms with Crippen molar-refractivity contribution in [2.75, 3.05) is 13.7 Å². The summed E-state index contributed by atoms with van der Waals surface area (Å²) in [5.74, 6) is -0.00647. The van der Waals surface area contributed by atoms with Crippen LogP contribution in [0.4, 0.5) is 0 Å². The summed E-state index contributed by atoms with van der Waals surface area (Å²) in [7, 11) is 1.34. The SMILES string of the molecule is COC(=O)CCC(=O)C(C)[C@@H]1CCCCCCCCCC(C)(C)[C@H](C)C(=O)N2CC3[C@@H]([C@H]2C(=O)C1)C3(C)C. The molecular weight excluding hydrogens is 478 g/mol. The zero-order chi connectivity index (χ0) is 28.3. The average Bonchev–Trinajstić information content (AvgIpc) is 3.19. The quantitative estimate of drug-likeness (QED) is 0.384. The molecule has 3 aliphatic rings. The van der Waals surface area contributed by atoms with Crippen LogP contribution in [-0.2, 0) is 23.9 Å². The third-order valence-electron chi connectivity index (χ3n) is 10.7. The lowest BCUT2D eigenvalue weighted by atomic mass is 9.75. The normalized spacial score (nSPS) is 33.0. The number of rotatable bonds is 5. The number of ketones is 2. The fraction of sp³-hybridized carbons (Fsp3) is 0.875. The summed E-state index contributed by atoms with van der Waals surface area (Å²) in [6.07, 6.45) is 10.5. The van der Waals surface area contributed by atoms with Gasteiger partial charge in [-0.1, -0.05) is 86.5 Å². The molecule has 3 rings (SSSR count). The van der Waals surface area contributed by atoms with Crippen LogP contribution in [0.15, 0.2) is 0 Å². The summed E-state index contributed by atoms with van der Waals surface area (Å²) < 4.78 is 4.72. The van der Waals surface area contributed by atoms with E-state index in [-0.39, 0.29) is 76.8 Å². The molecule has 6 heteroatoms. The van der Waals surface area contributed by atoms with Gasteiger partial charge in [0.05, 0.1) is 19.6 Å². The van der Waals surface area contributed by atoms with Gasteiger partial charge in [0.25, 0.3) is 0 Å². The van der Waals surface area contributed by atoms with Crippen molar-refractivity contribution in [1.29, 1.82) is 0 Å². The van der Waals surface area contributed by atoms with Gasteiger partial charge in [0.15, 0.2) is 5.78 Å². The first-order valence-electron chi connectivity index (χ1n) is 15.3. The number of Topliss-reactive ketones (excluding diaryl/α,β-unsaturated/α-hetero) is 2. The minimum atomic E-state index is -0.380. The predicted octanol–water partition coefficient (Wildman–Crippen LogP) is 6.39. The van der Waals surface area contributed by atoms with E-state index in [0.717, 1.165) is 32.1 Å². The van der Waals surface area contributed by atoms with E-state index >= 15 is 0 Å². The number of esters is 1. The van der Waals surface area contributed by atoms with Gasteiger partial charge in [-0.25, -0.2) is 0 Å². The fourth-order valence-corrected chi connectivity index (χ4v) is 7.28. The molecule has 1 aliphatic carbocycles. The van der Waals surface area contributed by atoms with Crippen LogP contribution < -0.4 is 0 Å². The molecule has 1 amide bonds. The number of amides is 1. The van der Waals surface area contributed by atoms with Crippen LogP contribution in [0.2, 0.25) is 0 Å². The van der Waals surface area contributed by atoms with Gasteiger partial charge >= 0.3 is 5.97 Å². The van der Waals surface area contributed by atoms with Crippen LogP contribution >= 0.6 is 0 Å². The highest BCUT2D eigenvalue weighted by atomic mass is 16.5. The second-order valence-corrected chi connectivity index (χ2v) is 13.9. The Labute approximate surface area is 231 Å². The number of fused-ring (bicyclic) bond motifs is 3. The number of nitrogens with zero attached hydrogens (tertiary/aromatic N) is 1. The molecule has 2 unspecified atom stereocenters. The average molecular weight is 532 g/mol. The molecule has 6 nitrogen and oxygen atoms in total. The van der Waals surface area contributed by atoms with Crippen molar-refractivity contribution in [2.45, 2.75) is 125 Å². The molecule has 1 saturated carbocycles. The Bertz CT molecular complexity index is 877. The summed E-state index contributed by atoms with van der Waals surface area (Å²) in [5.41, 5.74) is -0.0316. The van der Waals surface area contributed by atoms with Crippen LogP contribution in [0.3, 0.4) is 0 Å². The minimum Gasteiger partial charge on any atom is -0.469 e. The number of methoxy groups -OCH3 is 1. The molecule has 0 radical (unpaired) electrons. The van der Waals surface area contributed by atoms with Crippen LogP contribution in [0.25, 0.3) is 0 Å². The second-order valence-electron chi connectivity index (χ2n) is 13.9. The first kappa shape index (κ1) is 30.8. The maximum absolute atomic E-state index is 14.1. The summed E-state index contributed by atoms with van der Waals surface area (Å²) in [6.45, 7) is 13.5. The first-order valence-corrected chi connectivity index (χ1v) is 15.3. The molecule has 0 N–H and O–H groups in total. The van der Waals surface area contributed by atoms with E-state index < -0.39 is 0 Å². The molecule has 0 bridgehead atoms. The molecule has 2 aliphatic heterocycles. The lowest BCUT2D eigenvalue weighted by Crippen LogP contribution is -2.50. The van der Waals surface area contributed by atoms with Gasteiger partial charge in [0.1, 0.15) is 5.78 Å². The molecule has 216 valence electrons. The van der Waals surface area contributed by atoms with Crippen LogP contribution in [-0.4, -0.2) is 48.0 Å². The van der Waals surface area contributed by atoms with E-state index in [9.17, 15) is 19.2 Å². The molecule has 6 atom stereocenters. The van der Waals surface area contributed by atoms with Crippen molar-refractivity contribution in [3.05, 3.63) is 0 Å². The minimum absolute atomic E-state index is 0.0263. The largest absolute Gasteiger partial charge is 0.469 e. The van der Waals surface area contributed by atoms with Gasteiger partial charge in [-0.2, -0.15) is 0 Å². The van der Waals surface area contributed by atoms with Crippen molar-refractivity contribution >= 4 is 23.4 Å². The highest BCUT2D eigenvalue weighted by molar-refractivity contribution is 5.92. The lowest BCUT2D eigenvalue weighted by molar-refractivity contribution is -0.146. The van der Waals surface area contributed by atoms with Gasteiger partial charge in [0.2, 0.25) is 5.91 Å². The number of hydrogen-bond donors (Lipinski definition) is 0.